The number of carbonyl (C=O) groups is 4. The highest BCUT2D eigenvalue weighted by Gasteiger charge is 2.32. The van der Waals surface area contributed by atoms with Crippen molar-refractivity contribution in [2.45, 2.75) is 0 Å². The van der Waals surface area contributed by atoms with E-state index >= 15 is 0 Å². The van der Waals surface area contributed by atoms with Gasteiger partial charge in [-0.15, -0.1) is 0 Å². The van der Waals surface area contributed by atoms with Crippen LogP contribution in [0.1, 0.15) is 15.9 Å². The Kier molecular flexibility index (Phi) is 3.34. The molecule has 0 aromatic heterocycles. The Bertz CT molecular complexity index is 645. The molecule has 102 valence electrons. The smallest absolute Gasteiger partial charge is 0.335 e. The second kappa shape index (κ2) is 4.96. The molecule has 1 aliphatic rings. The number of nitrogens with zero attached hydrogens (tertiary/aromatic N) is 1. The van der Waals surface area contributed by atoms with E-state index in [1.165, 1.54) is 37.4 Å². The van der Waals surface area contributed by atoms with Gasteiger partial charge in [0.2, 0.25) is 0 Å². The van der Waals surface area contributed by atoms with Crippen molar-refractivity contribution in [3.05, 3.63) is 41.0 Å². The summed E-state index contributed by atoms with van der Waals surface area (Å²) < 4.78 is 0. The lowest BCUT2D eigenvalue weighted by Gasteiger charge is -2.22. The molecule has 4 amide bonds. The van der Waals surface area contributed by atoms with Crippen LogP contribution in [0.3, 0.4) is 0 Å². The van der Waals surface area contributed by atoms with E-state index in [0.29, 0.717) is 5.56 Å². The van der Waals surface area contributed by atoms with Gasteiger partial charge >= 0.3 is 12.0 Å². The Balaban J connectivity index is 2.34. The molecule has 20 heavy (non-hydrogen) atoms. The first-order chi connectivity index (χ1) is 9.40. The maximum absolute atomic E-state index is 11.8. The number of carboxylic acids is 1. The van der Waals surface area contributed by atoms with E-state index in [-0.39, 0.29) is 11.1 Å². The minimum Gasteiger partial charge on any atom is -0.478 e. The van der Waals surface area contributed by atoms with Crippen molar-refractivity contribution < 1.29 is 24.3 Å². The molecule has 0 atom stereocenters. The number of benzene rings is 1. The van der Waals surface area contributed by atoms with E-state index in [0.717, 1.165) is 4.90 Å². The van der Waals surface area contributed by atoms with Gasteiger partial charge in [0, 0.05) is 7.05 Å². The number of rotatable bonds is 2. The van der Waals surface area contributed by atoms with Gasteiger partial charge in [-0.1, -0.05) is 12.1 Å². The fraction of sp³-hybridized carbons (Fsp3) is 0.0769. The second-order valence-corrected chi connectivity index (χ2v) is 4.11. The van der Waals surface area contributed by atoms with E-state index in [2.05, 4.69) is 0 Å². The molecule has 7 nitrogen and oxygen atoms in total. The van der Waals surface area contributed by atoms with Crippen molar-refractivity contribution >= 4 is 29.9 Å². The summed E-state index contributed by atoms with van der Waals surface area (Å²) in [5, 5.41) is 10.8. The van der Waals surface area contributed by atoms with Crippen molar-refractivity contribution in [2.75, 3.05) is 7.05 Å². The average molecular weight is 274 g/mol. The minimum absolute atomic E-state index is 0.0962. The van der Waals surface area contributed by atoms with Crippen LogP contribution in [0, 0.1) is 0 Å². The van der Waals surface area contributed by atoms with E-state index in [4.69, 9.17) is 5.11 Å². The first kappa shape index (κ1) is 13.5. The molecule has 2 N–H and O–H groups in total. The fourth-order valence-electron chi connectivity index (χ4n) is 1.63. The summed E-state index contributed by atoms with van der Waals surface area (Å²) in [6, 6.07) is 4.86. The van der Waals surface area contributed by atoms with Crippen molar-refractivity contribution in [3.63, 3.8) is 0 Å². The molecule has 1 heterocycles. The predicted octanol–water partition coefficient (Wildman–Crippen LogP) is 0.476. The zero-order valence-corrected chi connectivity index (χ0v) is 10.4. The largest absolute Gasteiger partial charge is 0.478 e. The monoisotopic (exact) mass is 274 g/mol. The average Bonchev–Trinajstić information content (AvgIpc) is 2.42. The van der Waals surface area contributed by atoms with Crippen LogP contribution < -0.4 is 5.32 Å². The fourth-order valence-corrected chi connectivity index (χ4v) is 1.63. The Hall–Kier alpha value is -2.96. The van der Waals surface area contributed by atoms with Crippen LogP contribution in [-0.4, -0.2) is 40.9 Å². The van der Waals surface area contributed by atoms with E-state index in [9.17, 15) is 19.2 Å². The SMILES string of the molecule is CN1C(=O)NC(=O)/C(=C/c2ccc(C(=O)O)cc2)C1=O. The topological polar surface area (TPSA) is 104 Å². The van der Waals surface area contributed by atoms with Crippen LogP contribution in [0.2, 0.25) is 0 Å². The number of likely N-dealkylation sites (N-methyl/N-ethyl adjacent to an activating group) is 1. The molecule has 0 unspecified atom stereocenters. The number of imide groups is 2. The molecule has 1 saturated heterocycles. The summed E-state index contributed by atoms with van der Waals surface area (Å²) in [6.07, 6.45) is 1.30. The molecule has 0 aliphatic carbocycles. The number of nitrogens with one attached hydrogen (secondary N) is 1. The third-order valence-corrected chi connectivity index (χ3v) is 2.77. The summed E-state index contributed by atoms with van der Waals surface area (Å²) >= 11 is 0. The standard InChI is InChI=1S/C13H10N2O5/c1-15-11(17)9(10(16)14-13(15)20)6-7-2-4-8(5-3-7)12(18)19/h2-6H,1H3,(H,18,19)(H,14,16,20)/b9-6-. The van der Waals surface area contributed by atoms with Crippen molar-refractivity contribution in [3.8, 4) is 0 Å². The van der Waals surface area contributed by atoms with Crippen LogP contribution in [0.5, 0.6) is 0 Å². The molecule has 2 rings (SSSR count). The van der Waals surface area contributed by atoms with Gasteiger partial charge in [0.15, 0.2) is 0 Å². The summed E-state index contributed by atoms with van der Waals surface area (Å²) in [4.78, 5) is 46.1. The highest BCUT2D eigenvalue weighted by molar-refractivity contribution is 6.30. The van der Waals surface area contributed by atoms with Crippen LogP contribution in [-0.2, 0) is 9.59 Å². The number of aromatic carboxylic acids is 1. The third kappa shape index (κ3) is 2.41. The van der Waals surface area contributed by atoms with Gasteiger partial charge < -0.3 is 5.11 Å². The first-order valence-corrected chi connectivity index (χ1v) is 5.58. The van der Waals surface area contributed by atoms with Crippen molar-refractivity contribution in [2.24, 2.45) is 0 Å². The molecule has 1 aliphatic heterocycles. The number of carboxylic acid groups (broad SMARTS) is 1. The molecule has 7 heteroatoms. The normalized spacial score (nSPS) is 17.4. The molecule has 0 spiro atoms. The number of hydrogen-bond acceptors (Lipinski definition) is 4. The molecule has 0 bridgehead atoms. The lowest BCUT2D eigenvalue weighted by molar-refractivity contribution is -0.129. The Morgan fingerprint density at radius 2 is 1.80 bits per heavy atom. The van der Waals surface area contributed by atoms with Gasteiger partial charge in [0.25, 0.3) is 11.8 Å². The van der Waals surface area contributed by atoms with E-state index in [1.807, 2.05) is 5.32 Å². The molecular weight excluding hydrogens is 264 g/mol. The van der Waals surface area contributed by atoms with Crippen LogP contribution >= 0.6 is 0 Å². The van der Waals surface area contributed by atoms with Crippen LogP contribution in [0.4, 0.5) is 4.79 Å². The lowest BCUT2D eigenvalue weighted by Crippen LogP contribution is -2.52. The maximum atomic E-state index is 11.8. The molecule has 0 radical (unpaired) electrons. The van der Waals surface area contributed by atoms with Crippen molar-refractivity contribution in [1.29, 1.82) is 0 Å². The molecule has 1 fully saturated rings. The zero-order chi connectivity index (χ0) is 14.9. The van der Waals surface area contributed by atoms with Crippen LogP contribution in [0.15, 0.2) is 29.8 Å². The Morgan fingerprint density at radius 3 is 2.35 bits per heavy atom. The number of carbonyl (C=O) groups excluding carboxylic acids is 3. The van der Waals surface area contributed by atoms with E-state index < -0.39 is 23.8 Å². The van der Waals surface area contributed by atoms with Crippen molar-refractivity contribution in [1.82, 2.24) is 10.2 Å². The lowest BCUT2D eigenvalue weighted by atomic mass is 10.1. The molecule has 0 saturated carbocycles. The predicted molar refractivity (Wildman–Crippen MR) is 67.7 cm³/mol. The summed E-state index contributed by atoms with van der Waals surface area (Å²) in [5.41, 5.74) is 0.394. The number of hydrogen-bond donors (Lipinski definition) is 2. The maximum Gasteiger partial charge on any atom is 0.335 e. The quantitative estimate of drug-likeness (QED) is 0.603. The van der Waals surface area contributed by atoms with Crippen LogP contribution in [0.25, 0.3) is 6.08 Å². The number of urea groups is 1. The Labute approximate surface area is 113 Å². The Morgan fingerprint density at radius 1 is 1.20 bits per heavy atom. The van der Waals surface area contributed by atoms with Gasteiger partial charge in [-0.05, 0) is 23.8 Å². The minimum atomic E-state index is -1.07. The zero-order valence-electron chi connectivity index (χ0n) is 10.4. The highest BCUT2D eigenvalue weighted by Crippen LogP contribution is 2.14. The van der Waals surface area contributed by atoms with Gasteiger partial charge in [0.1, 0.15) is 5.57 Å². The highest BCUT2D eigenvalue weighted by atomic mass is 16.4. The number of amides is 4. The van der Waals surface area contributed by atoms with Gasteiger partial charge in [-0.3, -0.25) is 19.8 Å². The molecule has 1 aromatic rings. The molecular formula is C13H10N2O5. The first-order valence-electron chi connectivity index (χ1n) is 5.58. The third-order valence-electron chi connectivity index (χ3n) is 2.77. The van der Waals surface area contributed by atoms with E-state index in [1.54, 1.807) is 0 Å². The van der Waals surface area contributed by atoms with Gasteiger partial charge in [-0.2, -0.15) is 0 Å². The molecule has 1 aromatic carbocycles. The summed E-state index contributed by atoms with van der Waals surface area (Å²) in [5.74, 6) is -2.55. The van der Waals surface area contributed by atoms with Gasteiger partial charge in [-0.25, -0.2) is 9.59 Å². The second-order valence-electron chi connectivity index (χ2n) is 4.11. The summed E-state index contributed by atoms with van der Waals surface area (Å²) in [7, 11) is 1.26. The summed E-state index contributed by atoms with van der Waals surface area (Å²) in [6.45, 7) is 0. The van der Waals surface area contributed by atoms with Gasteiger partial charge in [0.05, 0.1) is 5.56 Å². The number of barbiturate groups is 1.